The van der Waals surface area contributed by atoms with Crippen molar-refractivity contribution in [3.05, 3.63) is 0 Å². The first kappa shape index (κ1) is 32.3. The monoisotopic (exact) mass is 559 g/mol. The molecule has 0 aromatic heterocycles. The second-order valence-electron chi connectivity index (χ2n) is 16.0. The van der Waals surface area contributed by atoms with Crippen LogP contribution in [0.2, 0.25) is 0 Å². The quantitative estimate of drug-likeness (QED) is 0.170. The molecule has 0 aromatic carbocycles. The molecule has 1 N–H and O–H groups in total. The van der Waals surface area contributed by atoms with Gasteiger partial charge in [0.05, 0.1) is 6.10 Å². The fourth-order valence-corrected chi connectivity index (χ4v) is 10.9. The molecule has 0 aromatic rings. The Balaban J connectivity index is 1.39. The molecule has 4 fully saturated rings. The molecule has 232 valence electrons. The Hall–Kier alpha value is -0.570. The van der Waals surface area contributed by atoms with Gasteiger partial charge < -0.3 is 9.84 Å². The Morgan fingerprint density at radius 1 is 0.850 bits per heavy atom. The number of hydrogen-bond acceptors (Lipinski definition) is 3. The topological polar surface area (TPSA) is 46.5 Å². The molecule has 4 saturated carbocycles. The third kappa shape index (κ3) is 6.97. The van der Waals surface area contributed by atoms with Gasteiger partial charge in [-0.15, -0.1) is 0 Å². The molecule has 4 aliphatic carbocycles. The molecule has 0 spiro atoms. The first-order chi connectivity index (χ1) is 19.1. The third-order valence-corrected chi connectivity index (χ3v) is 13.2. The summed E-state index contributed by atoms with van der Waals surface area (Å²) in [6, 6.07) is 0. The Morgan fingerprint density at radius 2 is 1.57 bits per heavy atom. The number of rotatable bonds is 14. The van der Waals surface area contributed by atoms with Crippen molar-refractivity contribution in [2.75, 3.05) is 0 Å². The molecule has 3 heteroatoms. The van der Waals surface area contributed by atoms with Gasteiger partial charge in [-0.1, -0.05) is 99.3 Å². The molecule has 4 aliphatic rings. The Bertz CT molecular complexity index is 792. The van der Waals surface area contributed by atoms with Crippen molar-refractivity contribution in [3.8, 4) is 0 Å². The van der Waals surface area contributed by atoms with Crippen LogP contribution in [0.5, 0.6) is 0 Å². The summed E-state index contributed by atoms with van der Waals surface area (Å²) in [7, 11) is 0. The maximum atomic E-state index is 13.1. The summed E-state index contributed by atoms with van der Waals surface area (Å²) < 4.78 is 6.39. The van der Waals surface area contributed by atoms with E-state index in [1.165, 1.54) is 89.9 Å². The number of hydrogen-bond donors (Lipinski definition) is 1. The van der Waals surface area contributed by atoms with E-state index >= 15 is 0 Å². The van der Waals surface area contributed by atoms with Gasteiger partial charge in [-0.05, 0) is 98.2 Å². The summed E-state index contributed by atoms with van der Waals surface area (Å²) >= 11 is 0. The van der Waals surface area contributed by atoms with Crippen LogP contribution in [0.3, 0.4) is 0 Å². The highest BCUT2D eigenvalue weighted by Crippen LogP contribution is 2.68. The molecule has 0 amide bonds. The largest absolute Gasteiger partial charge is 0.462 e. The second-order valence-corrected chi connectivity index (χ2v) is 16.0. The van der Waals surface area contributed by atoms with Gasteiger partial charge in [-0.25, -0.2) is 0 Å². The fraction of sp³-hybridized carbons (Fsp3) is 0.973. The standard InChI is InChI=1S/C37H66O3/c1-7-8-9-10-11-12-13-17-35(39)40-34-25-29(38)24-28-18-19-30-32-21-20-31(27(4)16-14-15-26(2)3)36(32,5)23-22-33(30)37(28,34)6/h26-34,38H,7-25H2,1-6H3/t27-,28?,29-,30+,31-,32+,33+,34?,36-,37+/m1/s1. The van der Waals surface area contributed by atoms with Crippen LogP contribution >= 0.6 is 0 Å². The van der Waals surface area contributed by atoms with Crippen molar-refractivity contribution in [1.29, 1.82) is 0 Å². The van der Waals surface area contributed by atoms with Gasteiger partial charge in [0.2, 0.25) is 0 Å². The number of unbranched alkanes of at least 4 members (excludes halogenated alkanes) is 6. The maximum absolute atomic E-state index is 13.1. The summed E-state index contributed by atoms with van der Waals surface area (Å²) in [6.45, 7) is 14.7. The van der Waals surface area contributed by atoms with E-state index < -0.39 is 0 Å². The number of aliphatic hydroxyl groups is 1. The second kappa shape index (κ2) is 14.3. The summed E-state index contributed by atoms with van der Waals surface area (Å²) in [5, 5.41) is 10.9. The average molecular weight is 559 g/mol. The van der Waals surface area contributed by atoms with E-state index in [1.807, 2.05) is 0 Å². The lowest BCUT2D eigenvalue weighted by Gasteiger charge is -2.62. The van der Waals surface area contributed by atoms with E-state index in [0.29, 0.717) is 30.1 Å². The summed E-state index contributed by atoms with van der Waals surface area (Å²) in [5.41, 5.74) is 0.513. The predicted octanol–water partition coefficient (Wildman–Crippen LogP) is 10.1. The molecule has 2 unspecified atom stereocenters. The van der Waals surface area contributed by atoms with E-state index in [2.05, 4.69) is 41.5 Å². The number of carbonyl (C=O) groups is 1. The molecule has 10 atom stereocenters. The zero-order valence-electron chi connectivity index (χ0n) is 27.4. The predicted molar refractivity (Wildman–Crippen MR) is 167 cm³/mol. The van der Waals surface area contributed by atoms with E-state index in [1.54, 1.807) is 0 Å². The molecule has 0 bridgehead atoms. The van der Waals surface area contributed by atoms with Gasteiger partial charge in [0.15, 0.2) is 0 Å². The summed E-state index contributed by atoms with van der Waals surface area (Å²) in [4.78, 5) is 13.1. The van der Waals surface area contributed by atoms with Crippen molar-refractivity contribution < 1.29 is 14.6 Å². The van der Waals surface area contributed by atoms with Crippen LogP contribution in [0.15, 0.2) is 0 Å². The van der Waals surface area contributed by atoms with E-state index in [-0.39, 0.29) is 23.6 Å². The van der Waals surface area contributed by atoms with E-state index in [9.17, 15) is 9.90 Å². The van der Waals surface area contributed by atoms with Crippen LogP contribution < -0.4 is 0 Å². The average Bonchev–Trinajstić information content (AvgIpc) is 3.26. The molecule has 0 heterocycles. The molecular weight excluding hydrogens is 492 g/mol. The lowest BCUT2D eigenvalue weighted by atomic mass is 9.43. The van der Waals surface area contributed by atoms with Crippen molar-refractivity contribution in [2.45, 2.75) is 176 Å². The number of aliphatic hydroxyl groups excluding tert-OH is 1. The highest BCUT2D eigenvalue weighted by atomic mass is 16.5. The summed E-state index contributed by atoms with van der Waals surface area (Å²) in [6.07, 6.45) is 22.4. The van der Waals surface area contributed by atoms with Gasteiger partial charge in [0, 0.05) is 18.3 Å². The molecule has 0 radical (unpaired) electrons. The van der Waals surface area contributed by atoms with Crippen molar-refractivity contribution in [3.63, 3.8) is 0 Å². The van der Waals surface area contributed by atoms with Crippen LogP contribution in [0.25, 0.3) is 0 Å². The van der Waals surface area contributed by atoms with Crippen LogP contribution in [0, 0.1) is 52.3 Å². The molecule has 40 heavy (non-hydrogen) atoms. The maximum Gasteiger partial charge on any atom is 0.306 e. The van der Waals surface area contributed by atoms with Gasteiger partial charge in [0.25, 0.3) is 0 Å². The lowest BCUT2D eigenvalue weighted by molar-refractivity contribution is -0.203. The molecule has 3 nitrogen and oxygen atoms in total. The van der Waals surface area contributed by atoms with Crippen molar-refractivity contribution in [2.24, 2.45) is 52.3 Å². The zero-order chi connectivity index (χ0) is 28.9. The Morgan fingerprint density at radius 3 is 2.30 bits per heavy atom. The van der Waals surface area contributed by atoms with Gasteiger partial charge in [0.1, 0.15) is 6.10 Å². The van der Waals surface area contributed by atoms with Gasteiger partial charge in [-0.3, -0.25) is 4.79 Å². The number of ether oxygens (including phenoxy) is 1. The lowest BCUT2D eigenvalue weighted by Crippen LogP contribution is -2.60. The highest BCUT2D eigenvalue weighted by molar-refractivity contribution is 5.69. The summed E-state index contributed by atoms with van der Waals surface area (Å²) in [5.74, 6) is 5.25. The zero-order valence-corrected chi connectivity index (χ0v) is 27.4. The van der Waals surface area contributed by atoms with E-state index in [0.717, 1.165) is 48.9 Å². The molecule has 0 saturated heterocycles. The van der Waals surface area contributed by atoms with Crippen molar-refractivity contribution in [1.82, 2.24) is 0 Å². The van der Waals surface area contributed by atoms with Crippen LogP contribution in [0.4, 0.5) is 0 Å². The minimum atomic E-state index is -0.317. The molecule has 4 rings (SSSR count). The minimum Gasteiger partial charge on any atom is -0.462 e. The molecular formula is C37H66O3. The van der Waals surface area contributed by atoms with Crippen molar-refractivity contribution >= 4 is 5.97 Å². The Kier molecular flexibility index (Phi) is 11.5. The SMILES string of the molecule is CCCCCCCCCC(=O)OC1C[C@H](O)CC2CC[C@@H]3[C@H](CC[C@]4(C)[C@@H]([C@H](C)CCCC(C)C)CC[C@@H]34)[C@]21C. The number of fused-ring (bicyclic) bond motifs is 5. The smallest absolute Gasteiger partial charge is 0.306 e. The third-order valence-electron chi connectivity index (χ3n) is 13.2. The number of carbonyl (C=O) groups excluding carboxylic acids is 1. The number of esters is 1. The fourth-order valence-electron chi connectivity index (χ4n) is 10.9. The minimum absolute atomic E-state index is 0.00782. The van der Waals surface area contributed by atoms with Gasteiger partial charge >= 0.3 is 5.97 Å². The van der Waals surface area contributed by atoms with Crippen LogP contribution in [-0.2, 0) is 9.53 Å². The first-order valence-electron chi connectivity index (χ1n) is 18.0. The molecule has 0 aliphatic heterocycles. The van der Waals surface area contributed by atoms with E-state index in [4.69, 9.17) is 4.74 Å². The normalized spacial score (nSPS) is 39.9. The van der Waals surface area contributed by atoms with Crippen LogP contribution in [0.1, 0.15) is 164 Å². The van der Waals surface area contributed by atoms with Gasteiger partial charge in [-0.2, -0.15) is 0 Å². The first-order valence-corrected chi connectivity index (χ1v) is 18.0. The van der Waals surface area contributed by atoms with Crippen LogP contribution in [-0.4, -0.2) is 23.3 Å². The Labute approximate surface area is 248 Å². The highest BCUT2D eigenvalue weighted by Gasteiger charge is 2.63.